The number of aliphatic hydroxyl groups is 1. The van der Waals surface area contributed by atoms with Crippen LogP contribution in [0.2, 0.25) is 0 Å². The van der Waals surface area contributed by atoms with E-state index in [-0.39, 0.29) is 6.61 Å². The van der Waals surface area contributed by atoms with Crippen LogP contribution in [0.3, 0.4) is 0 Å². The van der Waals surface area contributed by atoms with Crippen molar-refractivity contribution in [1.29, 1.82) is 0 Å². The lowest BCUT2D eigenvalue weighted by Gasteiger charge is -2.19. The Morgan fingerprint density at radius 1 is 1.33 bits per heavy atom. The summed E-state index contributed by atoms with van der Waals surface area (Å²) in [4.78, 5) is 23.9. The third-order valence-electron chi connectivity index (χ3n) is 4.06. The molecular formula is C16H17N3O4S. The molecule has 0 radical (unpaired) electrons. The van der Waals surface area contributed by atoms with Gasteiger partial charge in [-0.2, -0.15) is 0 Å². The van der Waals surface area contributed by atoms with E-state index in [1.165, 1.54) is 11.3 Å². The van der Waals surface area contributed by atoms with Crippen molar-refractivity contribution in [3.63, 3.8) is 0 Å². The van der Waals surface area contributed by atoms with Gasteiger partial charge in [0.25, 0.3) is 5.91 Å². The molecule has 0 spiro atoms. The smallest absolute Gasteiger partial charge is 0.317 e. The van der Waals surface area contributed by atoms with E-state index < -0.39 is 11.9 Å². The van der Waals surface area contributed by atoms with Crippen molar-refractivity contribution in [2.24, 2.45) is 11.5 Å². The van der Waals surface area contributed by atoms with Crippen molar-refractivity contribution in [3.05, 3.63) is 34.4 Å². The van der Waals surface area contributed by atoms with Crippen molar-refractivity contribution < 1.29 is 19.4 Å². The van der Waals surface area contributed by atoms with Gasteiger partial charge in [-0.25, -0.2) is 4.79 Å². The number of anilines is 1. The first kappa shape index (κ1) is 16.3. The van der Waals surface area contributed by atoms with Crippen LogP contribution in [0.15, 0.2) is 12.1 Å². The Morgan fingerprint density at radius 3 is 2.67 bits per heavy atom. The molecule has 7 nitrogen and oxygen atoms in total. The molecule has 0 saturated carbocycles. The molecule has 0 unspecified atom stereocenters. The number of primary amides is 2. The predicted molar refractivity (Wildman–Crippen MR) is 91.4 cm³/mol. The molecule has 3 rings (SSSR count). The topological polar surface area (TPSA) is 128 Å². The highest BCUT2D eigenvalue weighted by Gasteiger charge is 2.28. The number of benzene rings is 1. The first-order chi connectivity index (χ1) is 11.5. The molecule has 126 valence electrons. The highest BCUT2D eigenvalue weighted by Crippen LogP contribution is 2.46. The number of aryl methyl sites for hydroxylation is 1. The Labute approximate surface area is 142 Å². The number of carbonyl (C=O) groups is 2. The molecule has 24 heavy (non-hydrogen) atoms. The first-order valence-corrected chi connectivity index (χ1v) is 8.10. The molecule has 1 aliphatic rings. The minimum atomic E-state index is -0.748. The predicted octanol–water partition coefficient (Wildman–Crippen LogP) is 1.60. The number of thiophene rings is 1. The quantitative estimate of drug-likeness (QED) is 0.670. The maximum Gasteiger partial charge on any atom is 0.317 e. The van der Waals surface area contributed by atoms with Crippen LogP contribution in [0.1, 0.15) is 27.0 Å². The van der Waals surface area contributed by atoms with E-state index in [9.17, 15) is 14.7 Å². The molecule has 0 atom stereocenters. The van der Waals surface area contributed by atoms with Gasteiger partial charge in [-0.05, 0) is 41.7 Å². The van der Waals surface area contributed by atoms with Gasteiger partial charge in [0, 0.05) is 10.4 Å². The van der Waals surface area contributed by atoms with Gasteiger partial charge >= 0.3 is 6.03 Å². The van der Waals surface area contributed by atoms with E-state index in [2.05, 4.69) is 5.32 Å². The molecule has 0 fully saturated rings. The molecule has 1 aliphatic carbocycles. The van der Waals surface area contributed by atoms with E-state index in [4.69, 9.17) is 16.2 Å². The molecule has 1 aromatic heterocycles. The maximum absolute atomic E-state index is 11.8. The van der Waals surface area contributed by atoms with Crippen molar-refractivity contribution in [3.8, 4) is 16.2 Å². The van der Waals surface area contributed by atoms with E-state index in [0.29, 0.717) is 34.7 Å². The Morgan fingerprint density at radius 2 is 2.08 bits per heavy atom. The van der Waals surface area contributed by atoms with Gasteiger partial charge < -0.3 is 21.3 Å². The number of aliphatic hydroxyl groups excluding tert-OH is 1. The van der Waals surface area contributed by atoms with Crippen molar-refractivity contribution in [2.45, 2.75) is 19.4 Å². The molecule has 6 N–H and O–H groups in total. The Bertz CT molecular complexity index is 844. The third kappa shape index (κ3) is 2.59. The van der Waals surface area contributed by atoms with Gasteiger partial charge in [0.1, 0.15) is 10.8 Å². The SMILES string of the molecule is COc1cc2c(cc1CO)-c1sc(NC(N)=O)c(C(N)=O)c1CC2. The number of hydrogen-bond acceptors (Lipinski definition) is 5. The van der Waals surface area contributed by atoms with Crippen LogP contribution in [0, 0.1) is 0 Å². The number of amides is 3. The number of ether oxygens (including phenoxy) is 1. The van der Waals surface area contributed by atoms with Crippen LogP contribution in [0.4, 0.5) is 9.80 Å². The summed E-state index contributed by atoms with van der Waals surface area (Å²) < 4.78 is 5.31. The number of urea groups is 1. The lowest BCUT2D eigenvalue weighted by Crippen LogP contribution is -2.22. The molecule has 3 amide bonds. The van der Waals surface area contributed by atoms with Crippen LogP contribution in [-0.2, 0) is 19.4 Å². The van der Waals surface area contributed by atoms with E-state index in [0.717, 1.165) is 21.6 Å². The largest absolute Gasteiger partial charge is 0.496 e. The molecule has 0 bridgehead atoms. The average molecular weight is 347 g/mol. The summed E-state index contributed by atoms with van der Waals surface area (Å²) in [5, 5.41) is 12.4. The average Bonchev–Trinajstić information content (AvgIpc) is 2.90. The summed E-state index contributed by atoms with van der Waals surface area (Å²) in [7, 11) is 1.56. The van der Waals surface area contributed by atoms with Gasteiger partial charge in [0.05, 0.1) is 19.3 Å². The molecule has 1 aromatic carbocycles. The Hall–Kier alpha value is -2.58. The second kappa shape index (κ2) is 6.14. The zero-order valence-corrected chi connectivity index (χ0v) is 13.8. The summed E-state index contributed by atoms with van der Waals surface area (Å²) in [6.07, 6.45) is 1.33. The lowest BCUT2D eigenvalue weighted by atomic mass is 9.88. The third-order valence-corrected chi connectivity index (χ3v) is 5.24. The van der Waals surface area contributed by atoms with Crippen molar-refractivity contribution in [2.75, 3.05) is 12.4 Å². The van der Waals surface area contributed by atoms with Gasteiger partial charge in [0.2, 0.25) is 0 Å². The number of nitrogens with two attached hydrogens (primary N) is 2. The summed E-state index contributed by atoms with van der Waals surface area (Å²) >= 11 is 1.26. The number of methoxy groups -OCH3 is 1. The summed E-state index contributed by atoms with van der Waals surface area (Å²) in [6.45, 7) is -0.160. The number of hydrogen-bond donors (Lipinski definition) is 4. The van der Waals surface area contributed by atoms with Gasteiger partial charge in [-0.1, -0.05) is 0 Å². The normalized spacial score (nSPS) is 12.2. The van der Waals surface area contributed by atoms with Crippen LogP contribution in [0.5, 0.6) is 5.75 Å². The zero-order valence-electron chi connectivity index (χ0n) is 13.0. The van der Waals surface area contributed by atoms with Crippen molar-refractivity contribution in [1.82, 2.24) is 0 Å². The fourth-order valence-electron chi connectivity index (χ4n) is 3.04. The fourth-order valence-corrected chi connectivity index (χ4v) is 4.35. The van der Waals surface area contributed by atoms with Crippen LogP contribution >= 0.6 is 11.3 Å². The minimum absolute atomic E-state index is 0.160. The fraction of sp³-hybridized carbons (Fsp3) is 0.250. The van der Waals surface area contributed by atoms with Gasteiger partial charge in [0.15, 0.2) is 0 Å². The van der Waals surface area contributed by atoms with Crippen LogP contribution < -0.4 is 21.5 Å². The minimum Gasteiger partial charge on any atom is -0.496 e. The highest BCUT2D eigenvalue weighted by atomic mass is 32.1. The van der Waals surface area contributed by atoms with Gasteiger partial charge in [-0.15, -0.1) is 11.3 Å². The number of fused-ring (bicyclic) bond motifs is 3. The molecule has 1 heterocycles. The lowest BCUT2D eigenvalue weighted by molar-refractivity contribution is 0.100. The van der Waals surface area contributed by atoms with E-state index in [1.54, 1.807) is 7.11 Å². The molecule has 0 aliphatic heterocycles. The second-order valence-corrected chi connectivity index (χ2v) is 6.47. The first-order valence-electron chi connectivity index (χ1n) is 7.29. The second-order valence-electron chi connectivity index (χ2n) is 5.45. The monoisotopic (exact) mass is 347 g/mol. The Kier molecular flexibility index (Phi) is 4.16. The van der Waals surface area contributed by atoms with E-state index >= 15 is 0 Å². The molecule has 2 aromatic rings. The molecular weight excluding hydrogens is 330 g/mol. The Balaban J connectivity index is 2.21. The molecule has 8 heteroatoms. The molecule has 0 saturated heterocycles. The zero-order chi connectivity index (χ0) is 17.4. The summed E-state index contributed by atoms with van der Waals surface area (Å²) in [6, 6.07) is 3.00. The highest BCUT2D eigenvalue weighted by molar-refractivity contribution is 7.20. The van der Waals surface area contributed by atoms with Gasteiger partial charge in [-0.3, -0.25) is 10.1 Å². The standard InChI is InChI=1S/C16H17N3O4S/c1-23-11-5-7-2-3-9-12(14(17)21)15(19-16(18)22)24-13(9)10(7)4-8(11)6-20/h4-5,20H,2-3,6H2,1H3,(H2,17,21)(H3,18,19,22). The summed E-state index contributed by atoms with van der Waals surface area (Å²) in [5.74, 6) is 0.0254. The number of rotatable bonds is 4. The number of nitrogens with one attached hydrogen (secondary N) is 1. The summed E-state index contributed by atoms with van der Waals surface area (Å²) in [5.41, 5.74) is 14.4. The van der Waals surface area contributed by atoms with Crippen LogP contribution in [0.25, 0.3) is 10.4 Å². The van der Waals surface area contributed by atoms with E-state index in [1.807, 2.05) is 12.1 Å². The number of carbonyl (C=O) groups excluding carboxylic acids is 2. The van der Waals surface area contributed by atoms with Crippen molar-refractivity contribution >= 4 is 28.3 Å². The van der Waals surface area contributed by atoms with Crippen LogP contribution in [-0.4, -0.2) is 24.2 Å². The maximum atomic E-state index is 11.8.